The molecule has 0 radical (unpaired) electrons. The maximum absolute atomic E-state index is 4.65. The average molecular weight is 279 g/mol. The van der Waals surface area contributed by atoms with E-state index in [1.807, 2.05) is 37.3 Å². The van der Waals surface area contributed by atoms with Gasteiger partial charge in [-0.1, -0.05) is 42.5 Å². The number of rotatable bonds is 5. The highest BCUT2D eigenvalue weighted by Gasteiger charge is 2.13. The molecule has 0 aliphatic heterocycles. The van der Waals surface area contributed by atoms with E-state index in [0.717, 1.165) is 30.2 Å². The average Bonchev–Trinajstić information content (AvgIpc) is 2.53. The Morgan fingerprint density at radius 1 is 1.05 bits per heavy atom. The third-order valence-corrected chi connectivity index (χ3v) is 3.25. The highest BCUT2D eigenvalue weighted by atomic mass is 15.2. The summed E-state index contributed by atoms with van der Waals surface area (Å²) >= 11 is 0. The first-order chi connectivity index (χ1) is 10.3. The molecule has 21 heavy (non-hydrogen) atoms. The largest absolute Gasteiger partial charge is 0.355 e. The molecule has 0 saturated carbocycles. The van der Waals surface area contributed by atoms with Gasteiger partial charge in [0, 0.05) is 25.7 Å². The molecule has 0 atom stereocenters. The molecular formula is C18H21N3. The van der Waals surface area contributed by atoms with E-state index in [4.69, 9.17) is 0 Å². The molecule has 0 spiro atoms. The van der Waals surface area contributed by atoms with Gasteiger partial charge in [0.05, 0.1) is 5.69 Å². The highest BCUT2D eigenvalue weighted by molar-refractivity contribution is 6.03. The van der Waals surface area contributed by atoms with Crippen molar-refractivity contribution in [3.8, 4) is 0 Å². The normalized spacial score (nSPS) is 11.2. The van der Waals surface area contributed by atoms with Gasteiger partial charge in [-0.15, -0.1) is 0 Å². The molecule has 0 bridgehead atoms. The molecule has 2 aromatic carbocycles. The van der Waals surface area contributed by atoms with Gasteiger partial charge in [-0.2, -0.15) is 0 Å². The fraction of sp³-hybridized carbons (Fsp3) is 0.222. The quantitative estimate of drug-likeness (QED) is 0.602. The first-order valence-corrected chi connectivity index (χ1v) is 7.12. The van der Waals surface area contributed by atoms with Crippen LogP contribution in [0.15, 0.2) is 64.6 Å². The van der Waals surface area contributed by atoms with Gasteiger partial charge in [0.25, 0.3) is 0 Å². The fourth-order valence-corrected chi connectivity index (χ4v) is 2.29. The Balaban J connectivity index is 2.31. The number of amidine groups is 1. The highest BCUT2D eigenvalue weighted by Crippen LogP contribution is 2.21. The Bertz CT molecular complexity index is 617. The molecule has 0 aliphatic rings. The molecule has 0 aromatic heterocycles. The fourth-order valence-electron chi connectivity index (χ4n) is 2.29. The van der Waals surface area contributed by atoms with Crippen molar-refractivity contribution in [1.29, 1.82) is 0 Å². The van der Waals surface area contributed by atoms with Gasteiger partial charge in [0.1, 0.15) is 5.84 Å². The van der Waals surface area contributed by atoms with E-state index in [0.29, 0.717) is 0 Å². The van der Waals surface area contributed by atoms with Gasteiger partial charge in [-0.05, 0) is 31.3 Å². The van der Waals surface area contributed by atoms with Crippen LogP contribution in [0.3, 0.4) is 0 Å². The smallest absolute Gasteiger partial charge is 0.133 e. The molecule has 3 nitrogen and oxygen atoms in total. The molecule has 0 fully saturated rings. The van der Waals surface area contributed by atoms with Crippen molar-refractivity contribution < 1.29 is 0 Å². The summed E-state index contributed by atoms with van der Waals surface area (Å²) in [7, 11) is 2.06. The van der Waals surface area contributed by atoms with Gasteiger partial charge >= 0.3 is 0 Å². The molecule has 0 saturated heterocycles. The lowest BCUT2D eigenvalue weighted by molar-refractivity contribution is 0.499. The zero-order chi connectivity index (χ0) is 15.1. The van der Waals surface area contributed by atoms with Crippen LogP contribution in [0.25, 0.3) is 0 Å². The van der Waals surface area contributed by atoms with Crippen LogP contribution in [-0.2, 0) is 6.54 Å². The summed E-state index contributed by atoms with van der Waals surface area (Å²) in [5.74, 6) is 0.948. The van der Waals surface area contributed by atoms with Crippen molar-refractivity contribution in [3.05, 3.63) is 65.7 Å². The monoisotopic (exact) mass is 279 g/mol. The summed E-state index contributed by atoms with van der Waals surface area (Å²) in [5, 5.41) is 0. The second kappa shape index (κ2) is 7.39. The van der Waals surface area contributed by atoms with Crippen LogP contribution in [-0.4, -0.2) is 31.0 Å². The van der Waals surface area contributed by atoms with E-state index in [9.17, 15) is 0 Å². The van der Waals surface area contributed by atoms with Crippen LogP contribution in [0.2, 0.25) is 0 Å². The zero-order valence-corrected chi connectivity index (χ0v) is 12.7. The molecule has 2 rings (SSSR count). The van der Waals surface area contributed by atoms with Gasteiger partial charge in [-0.25, -0.2) is 0 Å². The molecule has 0 N–H and O–H groups in total. The minimum Gasteiger partial charge on any atom is -0.355 e. The molecule has 0 unspecified atom stereocenters. The predicted molar refractivity (Wildman–Crippen MR) is 90.6 cm³/mol. The van der Waals surface area contributed by atoms with E-state index in [2.05, 4.69) is 52.9 Å². The zero-order valence-electron chi connectivity index (χ0n) is 12.7. The van der Waals surface area contributed by atoms with Gasteiger partial charge in [0.15, 0.2) is 0 Å². The lowest BCUT2D eigenvalue weighted by atomic mass is 10.1. The van der Waals surface area contributed by atoms with Crippen molar-refractivity contribution in [2.24, 2.45) is 9.98 Å². The molecular weight excluding hydrogens is 258 g/mol. The topological polar surface area (TPSA) is 28.0 Å². The van der Waals surface area contributed by atoms with E-state index in [1.54, 1.807) is 0 Å². The van der Waals surface area contributed by atoms with Crippen LogP contribution < -0.4 is 0 Å². The van der Waals surface area contributed by atoms with Crippen molar-refractivity contribution >= 4 is 18.2 Å². The number of hydrogen-bond donors (Lipinski definition) is 0. The number of benzene rings is 2. The maximum Gasteiger partial charge on any atom is 0.133 e. The summed E-state index contributed by atoms with van der Waals surface area (Å²) in [6.45, 7) is 7.24. The first-order valence-electron chi connectivity index (χ1n) is 7.12. The lowest BCUT2D eigenvalue weighted by Gasteiger charge is -2.22. The number of para-hydroxylation sites is 1. The SMILES string of the molecule is C=Nc1ccccc1C(=NCC)N(C)Cc1ccccc1. The summed E-state index contributed by atoms with van der Waals surface area (Å²) in [6.07, 6.45) is 0. The molecule has 3 heteroatoms. The number of aliphatic imine (C=N–C) groups is 2. The van der Waals surface area contributed by atoms with Gasteiger partial charge in [0.2, 0.25) is 0 Å². The lowest BCUT2D eigenvalue weighted by Crippen LogP contribution is -2.27. The van der Waals surface area contributed by atoms with Crippen LogP contribution >= 0.6 is 0 Å². The van der Waals surface area contributed by atoms with Crippen LogP contribution in [0.5, 0.6) is 0 Å². The van der Waals surface area contributed by atoms with E-state index in [-0.39, 0.29) is 0 Å². The Hall–Kier alpha value is -2.42. The minimum absolute atomic E-state index is 0.736. The van der Waals surface area contributed by atoms with Crippen molar-refractivity contribution in [2.75, 3.05) is 13.6 Å². The summed E-state index contributed by atoms with van der Waals surface area (Å²) in [4.78, 5) is 10.9. The van der Waals surface area contributed by atoms with Crippen molar-refractivity contribution in [3.63, 3.8) is 0 Å². The Morgan fingerprint density at radius 2 is 1.71 bits per heavy atom. The maximum atomic E-state index is 4.65. The van der Waals surface area contributed by atoms with Crippen molar-refractivity contribution in [1.82, 2.24) is 4.90 Å². The minimum atomic E-state index is 0.736. The third-order valence-electron chi connectivity index (χ3n) is 3.25. The van der Waals surface area contributed by atoms with E-state index < -0.39 is 0 Å². The molecule has 2 aromatic rings. The van der Waals surface area contributed by atoms with Crippen molar-refractivity contribution in [2.45, 2.75) is 13.5 Å². The van der Waals surface area contributed by atoms with Gasteiger partial charge < -0.3 is 4.90 Å². The summed E-state index contributed by atoms with van der Waals surface area (Å²) < 4.78 is 0. The van der Waals surface area contributed by atoms with Crippen LogP contribution in [0, 0.1) is 0 Å². The number of nitrogens with zero attached hydrogens (tertiary/aromatic N) is 3. The first kappa shape index (κ1) is 15.0. The Morgan fingerprint density at radius 3 is 2.38 bits per heavy atom. The Labute approximate surface area is 126 Å². The predicted octanol–water partition coefficient (Wildman–Crippen LogP) is 3.92. The molecule has 0 aliphatic carbocycles. The second-order valence-corrected chi connectivity index (χ2v) is 4.81. The Kier molecular flexibility index (Phi) is 5.27. The summed E-state index contributed by atoms with van der Waals surface area (Å²) in [5.41, 5.74) is 3.14. The molecule has 108 valence electrons. The standard InChI is InChI=1S/C18H21N3/c1-4-20-18(16-12-8-9-13-17(16)19-2)21(3)14-15-10-6-5-7-11-15/h5-13H,2,4,14H2,1,3H3. The van der Waals surface area contributed by atoms with Gasteiger partial charge in [-0.3, -0.25) is 9.98 Å². The van der Waals surface area contributed by atoms with Crippen LogP contribution in [0.1, 0.15) is 18.1 Å². The van der Waals surface area contributed by atoms with Crippen LogP contribution in [0.4, 0.5) is 5.69 Å². The molecule has 0 heterocycles. The van der Waals surface area contributed by atoms with E-state index in [1.165, 1.54) is 5.56 Å². The summed E-state index contributed by atoms with van der Waals surface area (Å²) in [6, 6.07) is 18.4. The third kappa shape index (κ3) is 3.78. The number of hydrogen-bond acceptors (Lipinski definition) is 2. The van der Waals surface area contributed by atoms with E-state index >= 15 is 0 Å². The molecule has 0 amide bonds. The second-order valence-electron chi connectivity index (χ2n) is 4.81.